The van der Waals surface area contributed by atoms with Crippen LogP contribution in [0.5, 0.6) is 23.0 Å². The molecule has 7 nitrogen and oxygen atoms in total. The first-order valence-electron chi connectivity index (χ1n) is 9.81. The van der Waals surface area contributed by atoms with Crippen molar-refractivity contribution < 1.29 is 18.9 Å². The van der Waals surface area contributed by atoms with E-state index in [9.17, 15) is 0 Å². The molecule has 3 aromatic rings. The van der Waals surface area contributed by atoms with Crippen molar-refractivity contribution in [3.63, 3.8) is 0 Å². The highest BCUT2D eigenvalue weighted by molar-refractivity contribution is 7.14. The van der Waals surface area contributed by atoms with Crippen molar-refractivity contribution in [1.82, 2.24) is 4.98 Å². The molecule has 0 saturated heterocycles. The first-order valence-corrected chi connectivity index (χ1v) is 10.7. The highest BCUT2D eigenvalue weighted by Crippen LogP contribution is 2.41. The second-order valence-electron chi connectivity index (χ2n) is 7.10. The van der Waals surface area contributed by atoms with E-state index in [4.69, 9.17) is 29.0 Å². The zero-order valence-corrected chi connectivity index (χ0v) is 19.0. The minimum Gasteiger partial charge on any atom is -0.493 e. The van der Waals surface area contributed by atoms with Gasteiger partial charge in [0.05, 0.1) is 40.2 Å². The Labute approximate surface area is 185 Å². The van der Waals surface area contributed by atoms with Gasteiger partial charge in [0, 0.05) is 23.1 Å². The first kappa shape index (κ1) is 21.0. The summed E-state index contributed by atoms with van der Waals surface area (Å²) in [4.78, 5) is 4.86. The lowest BCUT2D eigenvalue weighted by atomic mass is 10.0. The summed E-state index contributed by atoms with van der Waals surface area (Å²) in [7, 11) is 6.54. The summed E-state index contributed by atoms with van der Waals surface area (Å²) in [6, 6.07) is 11.8. The molecule has 31 heavy (non-hydrogen) atoms. The van der Waals surface area contributed by atoms with Gasteiger partial charge in [0.25, 0.3) is 0 Å². The SMILES string of the molecule is COc1ccc(-c2csc(N3N=C(C)C[C@@H]3c3ccc(OC)c(OC)c3)n2)cc1OC. The molecule has 0 amide bonds. The number of hydrogen-bond donors (Lipinski definition) is 0. The summed E-state index contributed by atoms with van der Waals surface area (Å²) in [6.07, 6.45) is 0.820. The summed E-state index contributed by atoms with van der Waals surface area (Å²) in [5, 5.41) is 9.62. The molecule has 8 heteroatoms. The number of anilines is 1. The van der Waals surface area contributed by atoms with Crippen molar-refractivity contribution in [2.75, 3.05) is 33.4 Å². The molecule has 1 aliphatic heterocycles. The number of benzene rings is 2. The Balaban J connectivity index is 1.65. The predicted octanol–water partition coefficient (Wildman–Crippen LogP) is 5.17. The molecular weight excluding hydrogens is 414 g/mol. The van der Waals surface area contributed by atoms with Gasteiger partial charge >= 0.3 is 0 Å². The van der Waals surface area contributed by atoms with Crippen molar-refractivity contribution in [1.29, 1.82) is 0 Å². The number of ether oxygens (including phenoxy) is 4. The van der Waals surface area contributed by atoms with Crippen LogP contribution < -0.4 is 24.0 Å². The number of thiazole rings is 1. The third kappa shape index (κ3) is 4.03. The molecule has 0 radical (unpaired) electrons. The number of aromatic nitrogens is 1. The van der Waals surface area contributed by atoms with Gasteiger partial charge in [-0.1, -0.05) is 6.07 Å². The van der Waals surface area contributed by atoms with Crippen LogP contribution in [0.15, 0.2) is 46.9 Å². The Morgan fingerprint density at radius 3 is 2.19 bits per heavy atom. The van der Waals surface area contributed by atoms with E-state index in [-0.39, 0.29) is 6.04 Å². The minimum atomic E-state index is 0.0456. The van der Waals surface area contributed by atoms with Crippen molar-refractivity contribution in [3.05, 3.63) is 47.3 Å². The number of hydrazone groups is 1. The van der Waals surface area contributed by atoms with Crippen molar-refractivity contribution >= 4 is 22.2 Å². The quantitative estimate of drug-likeness (QED) is 0.506. The van der Waals surface area contributed by atoms with E-state index < -0.39 is 0 Å². The molecular formula is C23H25N3O4S. The standard InChI is InChI=1S/C23H25N3O4S/c1-14-10-18(16-7-9-20(28-3)22(12-16)30-5)26(25-14)23-24-17(13-31-23)15-6-8-19(27-2)21(11-15)29-4/h6-9,11-13,18H,10H2,1-5H3/t18-/m1/s1. The van der Waals surface area contributed by atoms with Gasteiger partial charge in [-0.25, -0.2) is 9.99 Å². The molecule has 1 aliphatic rings. The molecule has 0 aliphatic carbocycles. The molecule has 0 bridgehead atoms. The third-order valence-corrected chi connectivity index (χ3v) is 6.05. The summed E-state index contributed by atoms with van der Waals surface area (Å²) >= 11 is 1.56. The number of hydrogen-bond acceptors (Lipinski definition) is 8. The molecule has 2 aromatic carbocycles. The predicted molar refractivity (Wildman–Crippen MR) is 123 cm³/mol. The maximum Gasteiger partial charge on any atom is 0.207 e. The maximum absolute atomic E-state index is 5.49. The van der Waals surface area contributed by atoms with Crippen LogP contribution >= 0.6 is 11.3 Å². The third-order valence-electron chi connectivity index (χ3n) is 5.22. The molecule has 0 spiro atoms. The van der Waals surface area contributed by atoms with Crippen molar-refractivity contribution in [3.8, 4) is 34.3 Å². The first-order chi connectivity index (χ1) is 15.1. The van der Waals surface area contributed by atoms with Crippen LogP contribution in [-0.4, -0.2) is 39.1 Å². The molecule has 0 fully saturated rings. The monoisotopic (exact) mass is 439 g/mol. The summed E-state index contributed by atoms with van der Waals surface area (Å²) in [5.74, 6) is 2.77. The topological polar surface area (TPSA) is 65.4 Å². The molecule has 0 unspecified atom stereocenters. The van der Waals surface area contributed by atoms with E-state index in [0.29, 0.717) is 23.0 Å². The average molecular weight is 440 g/mol. The Kier molecular flexibility index (Phi) is 5.99. The van der Waals surface area contributed by atoms with Crippen LogP contribution in [0.3, 0.4) is 0 Å². The number of rotatable bonds is 7. The Bertz CT molecular complexity index is 1110. The van der Waals surface area contributed by atoms with Gasteiger partial charge in [-0.05, 0) is 42.8 Å². The zero-order valence-electron chi connectivity index (χ0n) is 18.2. The van der Waals surface area contributed by atoms with Crippen LogP contribution in [-0.2, 0) is 0 Å². The second kappa shape index (κ2) is 8.85. The molecule has 2 heterocycles. The van der Waals surface area contributed by atoms with Gasteiger partial charge in [0.2, 0.25) is 5.13 Å². The zero-order chi connectivity index (χ0) is 22.0. The van der Waals surface area contributed by atoms with Crippen LogP contribution in [0.1, 0.15) is 24.9 Å². The van der Waals surface area contributed by atoms with E-state index in [0.717, 1.165) is 34.1 Å². The Hall–Kier alpha value is -3.26. The lowest BCUT2D eigenvalue weighted by molar-refractivity contribution is 0.354. The average Bonchev–Trinajstić information content (AvgIpc) is 3.44. The summed E-state index contributed by atoms with van der Waals surface area (Å²) in [5.41, 5.74) is 3.98. The molecule has 4 rings (SSSR count). The van der Waals surface area contributed by atoms with Gasteiger partial charge in [-0.2, -0.15) is 5.10 Å². The largest absolute Gasteiger partial charge is 0.493 e. The van der Waals surface area contributed by atoms with Crippen LogP contribution in [0.25, 0.3) is 11.3 Å². The fourth-order valence-corrected chi connectivity index (χ4v) is 4.49. The molecule has 1 atom stereocenters. The van der Waals surface area contributed by atoms with Crippen molar-refractivity contribution in [2.24, 2.45) is 5.10 Å². The number of methoxy groups -OCH3 is 4. The molecule has 0 saturated carbocycles. The Morgan fingerprint density at radius 2 is 1.52 bits per heavy atom. The van der Waals surface area contributed by atoms with E-state index in [2.05, 4.69) is 6.07 Å². The molecule has 162 valence electrons. The van der Waals surface area contributed by atoms with Gasteiger partial charge in [-0.3, -0.25) is 0 Å². The van der Waals surface area contributed by atoms with Gasteiger partial charge in [0.15, 0.2) is 23.0 Å². The molecule has 1 aromatic heterocycles. The van der Waals surface area contributed by atoms with Crippen LogP contribution in [0.2, 0.25) is 0 Å². The van der Waals surface area contributed by atoms with Crippen molar-refractivity contribution in [2.45, 2.75) is 19.4 Å². The highest BCUT2D eigenvalue weighted by atomic mass is 32.1. The normalized spacial score (nSPS) is 15.6. The fraction of sp³-hybridized carbons (Fsp3) is 0.304. The summed E-state index contributed by atoms with van der Waals surface area (Å²) in [6.45, 7) is 2.04. The van der Waals surface area contributed by atoms with E-state index in [1.165, 1.54) is 0 Å². The van der Waals surface area contributed by atoms with Gasteiger partial charge < -0.3 is 18.9 Å². The highest BCUT2D eigenvalue weighted by Gasteiger charge is 2.30. The van der Waals surface area contributed by atoms with Crippen LogP contribution in [0.4, 0.5) is 5.13 Å². The van der Waals surface area contributed by atoms with Crippen LogP contribution in [0, 0.1) is 0 Å². The lowest BCUT2D eigenvalue weighted by Gasteiger charge is -2.22. The second-order valence-corrected chi connectivity index (χ2v) is 7.94. The molecule has 0 N–H and O–H groups in total. The number of nitrogens with zero attached hydrogens (tertiary/aromatic N) is 3. The smallest absolute Gasteiger partial charge is 0.207 e. The van der Waals surface area contributed by atoms with Gasteiger partial charge in [-0.15, -0.1) is 11.3 Å². The van der Waals surface area contributed by atoms with E-state index in [1.54, 1.807) is 39.8 Å². The minimum absolute atomic E-state index is 0.0456. The Morgan fingerprint density at radius 1 is 0.871 bits per heavy atom. The van der Waals surface area contributed by atoms with Gasteiger partial charge in [0.1, 0.15) is 0 Å². The maximum atomic E-state index is 5.49. The van der Waals surface area contributed by atoms with E-state index in [1.807, 2.05) is 47.6 Å². The fourth-order valence-electron chi connectivity index (χ4n) is 3.65. The summed E-state index contributed by atoms with van der Waals surface area (Å²) < 4.78 is 21.6. The lowest BCUT2D eigenvalue weighted by Crippen LogP contribution is -2.18. The van der Waals surface area contributed by atoms with E-state index >= 15 is 0 Å².